The van der Waals surface area contributed by atoms with Crippen LogP contribution < -0.4 is 5.73 Å². The summed E-state index contributed by atoms with van der Waals surface area (Å²) in [7, 11) is 2.65. The number of hydrogen-bond donors (Lipinski definition) is 1. The van der Waals surface area contributed by atoms with Crippen molar-refractivity contribution in [1.29, 1.82) is 0 Å². The summed E-state index contributed by atoms with van der Waals surface area (Å²) < 4.78 is 5.08. The van der Waals surface area contributed by atoms with E-state index in [1.54, 1.807) is 0 Å². The molecule has 0 heterocycles. The van der Waals surface area contributed by atoms with Gasteiger partial charge in [0.25, 0.3) is 0 Å². The van der Waals surface area contributed by atoms with E-state index in [4.69, 9.17) is 10.5 Å². The van der Waals surface area contributed by atoms with Crippen molar-refractivity contribution in [3.63, 3.8) is 0 Å². The van der Waals surface area contributed by atoms with Crippen LogP contribution in [0.5, 0.6) is 0 Å². The zero-order chi connectivity index (χ0) is 6.24. The number of nitrogens with two attached hydrogens (primary N) is 1. The Bertz CT molecular complexity index is 37.4. The molecule has 50 valence electrons. The first-order valence-electron chi connectivity index (χ1n) is 2.89. The standard InChI is InChI=1S/C5H14NOP/c6-2-4-7-3-1-5-8/h1-6,8H2. The summed E-state index contributed by atoms with van der Waals surface area (Å²) in [6.07, 6.45) is 2.23. The van der Waals surface area contributed by atoms with Gasteiger partial charge in [0.2, 0.25) is 0 Å². The molecule has 0 bridgehead atoms. The quantitative estimate of drug-likeness (QED) is 0.432. The lowest BCUT2D eigenvalue weighted by Crippen LogP contribution is -2.08. The molecule has 0 spiro atoms. The van der Waals surface area contributed by atoms with Crippen LogP contribution in [0.25, 0.3) is 0 Å². The first-order valence-corrected chi connectivity index (χ1v) is 3.71. The van der Waals surface area contributed by atoms with Gasteiger partial charge in [-0.25, -0.2) is 0 Å². The SMILES string of the molecule is NCCOCCCP. The molecule has 1 atom stereocenters. The van der Waals surface area contributed by atoms with Crippen molar-refractivity contribution < 1.29 is 4.74 Å². The summed E-state index contributed by atoms with van der Waals surface area (Å²) in [5, 5.41) is 0. The molecule has 2 nitrogen and oxygen atoms in total. The van der Waals surface area contributed by atoms with Gasteiger partial charge in [-0.15, -0.1) is 9.24 Å². The minimum absolute atomic E-state index is 0.636. The molecule has 2 N–H and O–H groups in total. The van der Waals surface area contributed by atoms with Gasteiger partial charge in [0.05, 0.1) is 6.61 Å². The van der Waals surface area contributed by atoms with Crippen LogP contribution in [0.2, 0.25) is 0 Å². The summed E-state index contributed by atoms with van der Waals surface area (Å²) in [5.41, 5.74) is 5.18. The topological polar surface area (TPSA) is 35.2 Å². The maximum Gasteiger partial charge on any atom is 0.0588 e. The zero-order valence-electron chi connectivity index (χ0n) is 5.10. The lowest BCUT2D eigenvalue weighted by atomic mass is 10.5. The van der Waals surface area contributed by atoms with Crippen molar-refractivity contribution in [2.24, 2.45) is 5.73 Å². The number of hydrogen-bond acceptors (Lipinski definition) is 2. The largest absolute Gasteiger partial charge is 0.380 e. The number of rotatable bonds is 5. The second-order valence-corrected chi connectivity index (χ2v) is 2.12. The molecule has 0 rings (SSSR count). The van der Waals surface area contributed by atoms with E-state index in [-0.39, 0.29) is 0 Å². The minimum atomic E-state index is 0.636. The third-order valence-electron chi connectivity index (χ3n) is 0.755. The Morgan fingerprint density at radius 3 is 2.62 bits per heavy atom. The fraction of sp³-hybridized carbons (Fsp3) is 1.00. The second kappa shape index (κ2) is 7.35. The molecule has 0 aromatic rings. The minimum Gasteiger partial charge on any atom is -0.380 e. The first kappa shape index (κ1) is 8.35. The summed E-state index contributed by atoms with van der Waals surface area (Å²) in [6, 6.07) is 0. The fourth-order valence-corrected chi connectivity index (χ4v) is 0.537. The van der Waals surface area contributed by atoms with Crippen LogP contribution in [0.15, 0.2) is 0 Å². The van der Waals surface area contributed by atoms with Gasteiger partial charge in [-0.2, -0.15) is 0 Å². The molecule has 0 aliphatic rings. The van der Waals surface area contributed by atoms with E-state index < -0.39 is 0 Å². The smallest absolute Gasteiger partial charge is 0.0588 e. The molecule has 0 radical (unpaired) electrons. The molecule has 0 saturated heterocycles. The number of ether oxygens (including phenoxy) is 1. The van der Waals surface area contributed by atoms with Crippen LogP contribution >= 0.6 is 9.24 Å². The molecular weight excluding hydrogens is 121 g/mol. The van der Waals surface area contributed by atoms with E-state index in [0.29, 0.717) is 13.2 Å². The predicted molar refractivity (Wildman–Crippen MR) is 39.1 cm³/mol. The highest BCUT2D eigenvalue weighted by Crippen LogP contribution is 1.87. The average Bonchev–Trinajstić information content (AvgIpc) is 1.81. The molecule has 3 heteroatoms. The molecular formula is C5H14NOP. The van der Waals surface area contributed by atoms with Gasteiger partial charge in [0, 0.05) is 13.2 Å². The predicted octanol–water partition coefficient (Wildman–Crippen LogP) is 0.227. The van der Waals surface area contributed by atoms with Crippen LogP contribution in [0.1, 0.15) is 6.42 Å². The Balaban J connectivity index is 2.53. The molecule has 0 saturated carbocycles. The average molecular weight is 135 g/mol. The molecule has 0 aromatic heterocycles. The highest BCUT2D eigenvalue weighted by molar-refractivity contribution is 7.16. The van der Waals surface area contributed by atoms with Crippen molar-refractivity contribution in [3.05, 3.63) is 0 Å². The van der Waals surface area contributed by atoms with Gasteiger partial charge in [0.1, 0.15) is 0 Å². The van der Waals surface area contributed by atoms with E-state index in [2.05, 4.69) is 9.24 Å². The van der Waals surface area contributed by atoms with Gasteiger partial charge >= 0.3 is 0 Å². The Hall–Kier alpha value is 0.350. The molecule has 0 fully saturated rings. The van der Waals surface area contributed by atoms with Crippen molar-refractivity contribution in [2.45, 2.75) is 6.42 Å². The van der Waals surface area contributed by atoms with E-state index in [0.717, 1.165) is 19.2 Å². The maximum absolute atomic E-state index is 5.18. The lowest BCUT2D eigenvalue weighted by molar-refractivity contribution is 0.143. The zero-order valence-corrected chi connectivity index (χ0v) is 6.25. The Kier molecular flexibility index (Phi) is 7.67. The van der Waals surface area contributed by atoms with E-state index in [1.165, 1.54) is 0 Å². The second-order valence-electron chi connectivity index (χ2n) is 1.54. The maximum atomic E-state index is 5.18. The van der Waals surface area contributed by atoms with Gasteiger partial charge in [-0.1, -0.05) is 0 Å². The van der Waals surface area contributed by atoms with Crippen molar-refractivity contribution in [3.8, 4) is 0 Å². The highest BCUT2D eigenvalue weighted by Gasteiger charge is 1.81. The van der Waals surface area contributed by atoms with Crippen LogP contribution in [-0.4, -0.2) is 25.9 Å². The van der Waals surface area contributed by atoms with Crippen molar-refractivity contribution in [2.75, 3.05) is 25.9 Å². The van der Waals surface area contributed by atoms with Crippen molar-refractivity contribution in [1.82, 2.24) is 0 Å². The van der Waals surface area contributed by atoms with Crippen LogP contribution in [0, 0.1) is 0 Å². The Labute approximate surface area is 53.0 Å². The molecule has 0 aliphatic carbocycles. The summed E-state index contributed by atoms with van der Waals surface area (Å²) in [5.74, 6) is 0. The third kappa shape index (κ3) is 6.35. The Morgan fingerprint density at radius 2 is 2.12 bits per heavy atom. The van der Waals surface area contributed by atoms with E-state index >= 15 is 0 Å². The highest BCUT2D eigenvalue weighted by atomic mass is 31.0. The van der Waals surface area contributed by atoms with Gasteiger partial charge in [0.15, 0.2) is 0 Å². The molecule has 0 aromatic carbocycles. The van der Waals surface area contributed by atoms with Gasteiger partial charge in [-0.3, -0.25) is 0 Å². The normalized spacial score (nSPS) is 9.75. The van der Waals surface area contributed by atoms with E-state index in [1.807, 2.05) is 0 Å². The molecule has 0 amide bonds. The van der Waals surface area contributed by atoms with E-state index in [9.17, 15) is 0 Å². The van der Waals surface area contributed by atoms with Crippen LogP contribution in [0.3, 0.4) is 0 Å². The summed E-state index contributed by atoms with van der Waals surface area (Å²) in [4.78, 5) is 0. The molecule has 0 aliphatic heterocycles. The van der Waals surface area contributed by atoms with Crippen LogP contribution in [0.4, 0.5) is 0 Å². The fourth-order valence-electron chi connectivity index (χ4n) is 0.371. The lowest BCUT2D eigenvalue weighted by Gasteiger charge is -1.97. The monoisotopic (exact) mass is 135 g/mol. The third-order valence-corrected chi connectivity index (χ3v) is 1.16. The van der Waals surface area contributed by atoms with Crippen LogP contribution in [-0.2, 0) is 4.74 Å². The first-order chi connectivity index (χ1) is 3.91. The van der Waals surface area contributed by atoms with Gasteiger partial charge in [-0.05, 0) is 12.6 Å². The molecule has 8 heavy (non-hydrogen) atoms. The van der Waals surface area contributed by atoms with Crippen molar-refractivity contribution >= 4 is 9.24 Å². The Morgan fingerprint density at radius 1 is 1.38 bits per heavy atom. The summed E-state index contributed by atoms with van der Waals surface area (Å²) in [6.45, 7) is 2.18. The van der Waals surface area contributed by atoms with Gasteiger partial charge < -0.3 is 10.5 Å². The molecule has 1 unspecified atom stereocenters. The summed E-state index contributed by atoms with van der Waals surface area (Å²) >= 11 is 0.